The van der Waals surface area contributed by atoms with Crippen molar-refractivity contribution in [2.24, 2.45) is 11.8 Å². The van der Waals surface area contributed by atoms with E-state index < -0.39 is 0 Å². The number of hydrogen-bond donors (Lipinski definition) is 1. The highest BCUT2D eigenvalue weighted by Gasteiger charge is 2.43. The number of benzene rings is 1. The summed E-state index contributed by atoms with van der Waals surface area (Å²) < 4.78 is 0. The van der Waals surface area contributed by atoms with Crippen LogP contribution < -0.4 is 5.73 Å². The molecular weight excluding hydrogens is 208 g/mol. The Bertz CT molecular complexity index is 382. The molecule has 0 heterocycles. The number of rotatable bonds is 5. The van der Waals surface area contributed by atoms with E-state index in [1.165, 1.54) is 31.2 Å². The van der Waals surface area contributed by atoms with Crippen LogP contribution in [0.1, 0.15) is 31.2 Å². The Hall–Kier alpha value is -1.02. The maximum absolute atomic E-state index is 5.84. The van der Waals surface area contributed by atoms with Gasteiger partial charge >= 0.3 is 0 Å². The number of nitrogen functional groups attached to an aromatic ring is 1. The van der Waals surface area contributed by atoms with E-state index in [-0.39, 0.29) is 0 Å². The zero-order valence-corrected chi connectivity index (χ0v) is 10.6. The SMILES string of the molecule is CN(Cc1cccc(N)c1)C(C1CC1)C1CC1. The van der Waals surface area contributed by atoms with Gasteiger partial charge in [0.05, 0.1) is 0 Å². The second-order valence-electron chi connectivity index (χ2n) is 5.83. The zero-order chi connectivity index (χ0) is 11.8. The maximum atomic E-state index is 5.84. The summed E-state index contributed by atoms with van der Waals surface area (Å²) >= 11 is 0. The third-order valence-corrected chi connectivity index (χ3v) is 4.10. The summed E-state index contributed by atoms with van der Waals surface area (Å²) in [5, 5.41) is 0. The molecule has 92 valence electrons. The van der Waals surface area contributed by atoms with Gasteiger partial charge in [-0.05, 0) is 62.3 Å². The van der Waals surface area contributed by atoms with Crippen molar-refractivity contribution in [2.45, 2.75) is 38.3 Å². The first-order valence-corrected chi connectivity index (χ1v) is 6.78. The van der Waals surface area contributed by atoms with Crippen LogP contribution in [0, 0.1) is 11.8 Å². The van der Waals surface area contributed by atoms with Crippen LogP contribution in [0.5, 0.6) is 0 Å². The van der Waals surface area contributed by atoms with Crippen molar-refractivity contribution in [3.63, 3.8) is 0 Å². The van der Waals surface area contributed by atoms with E-state index in [2.05, 4.69) is 30.1 Å². The van der Waals surface area contributed by atoms with Gasteiger partial charge in [0, 0.05) is 18.3 Å². The highest BCUT2D eigenvalue weighted by Crippen LogP contribution is 2.47. The van der Waals surface area contributed by atoms with Crippen LogP contribution >= 0.6 is 0 Å². The van der Waals surface area contributed by atoms with Crippen LogP contribution in [0.2, 0.25) is 0 Å². The van der Waals surface area contributed by atoms with E-state index in [1.54, 1.807) is 0 Å². The standard InChI is InChI=1S/C15H22N2/c1-17(10-11-3-2-4-14(16)9-11)15(12-5-6-12)13-7-8-13/h2-4,9,12-13,15H,5-8,10,16H2,1H3. The molecule has 0 amide bonds. The summed E-state index contributed by atoms with van der Waals surface area (Å²) in [5.74, 6) is 1.96. The first-order valence-electron chi connectivity index (χ1n) is 6.78. The highest BCUT2D eigenvalue weighted by molar-refractivity contribution is 5.40. The van der Waals surface area contributed by atoms with E-state index in [0.717, 1.165) is 30.1 Å². The van der Waals surface area contributed by atoms with Gasteiger partial charge in [-0.25, -0.2) is 0 Å². The Labute approximate surface area is 104 Å². The molecule has 0 bridgehead atoms. The number of nitrogens with two attached hydrogens (primary N) is 1. The van der Waals surface area contributed by atoms with Crippen LogP contribution in [-0.2, 0) is 6.54 Å². The fourth-order valence-electron chi connectivity index (χ4n) is 3.07. The van der Waals surface area contributed by atoms with Gasteiger partial charge in [-0.1, -0.05) is 12.1 Å². The molecule has 2 heteroatoms. The van der Waals surface area contributed by atoms with Gasteiger partial charge in [-0.3, -0.25) is 4.90 Å². The molecule has 0 radical (unpaired) electrons. The summed E-state index contributed by atoms with van der Waals surface area (Å²) in [7, 11) is 2.28. The third-order valence-electron chi connectivity index (χ3n) is 4.10. The molecule has 17 heavy (non-hydrogen) atoms. The fourth-order valence-corrected chi connectivity index (χ4v) is 3.07. The zero-order valence-electron chi connectivity index (χ0n) is 10.6. The van der Waals surface area contributed by atoms with Gasteiger partial charge in [0.15, 0.2) is 0 Å². The van der Waals surface area contributed by atoms with Crippen LogP contribution in [0.4, 0.5) is 5.69 Å². The maximum Gasteiger partial charge on any atom is 0.0317 e. The molecule has 0 unspecified atom stereocenters. The largest absolute Gasteiger partial charge is 0.399 e. The quantitative estimate of drug-likeness (QED) is 0.788. The third kappa shape index (κ3) is 2.63. The fraction of sp³-hybridized carbons (Fsp3) is 0.600. The lowest BCUT2D eigenvalue weighted by molar-refractivity contribution is 0.187. The summed E-state index contributed by atoms with van der Waals surface area (Å²) in [6.45, 7) is 1.04. The Balaban J connectivity index is 1.66. The second kappa shape index (κ2) is 4.34. The summed E-state index contributed by atoms with van der Waals surface area (Å²) in [4.78, 5) is 2.56. The smallest absolute Gasteiger partial charge is 0.0317 e. The number of anilines is 1. The molecule has 0 saturated heterocycles. The van der Waals surface area contributed by atoms with Gasteiger partial charge in [0.25, 0.3) is 0 Å². The Morgan fingerprint density at radius 3 is 2.41 bits per heavy atom. The number of hydrogen-bond acceptors (Lipinski definition) is 2. The Kier molecular flexibility index (Phi) is 2.83. The van der Waals surface area contributed by atoms with Gasteiger partial charge in [0.2, 0.25) is 0 Å². The Morgan fingerprint density at radius 1 is 1.24 bits per heavy atom. The van der Waals surface area contributed by atoms with Gasteiger partial charge in [-0.15, -0.1) is 0 Å². The van der Waals surface area contributed by atoms with Crippen molar-refractivity contribution < 1.29 is 0 Å². The van der Waals surface area contributed by atoms with Gasteiger partial charge < -0.3 is 5.73 Å². The van der Waals surface area contributed by atoms with Crippen molar-refractivity contribution in [1.29, 1.82) is 0 Å². The molecule has 1 aromatic carbocycles. The molecular formula is C15H22N2. The predicted octanol–water partition coefficient (Wildman–Crippen LogP) is 2.89. The molecule has 2 N–H and O–H groups in total. The minimum absolute atomic E-state index is 0.830. The summed E-state index contributed by atoms with van der Waals surface area (Å²) in [6, 6.07) is 9.14. The molecule has 2 fully saturated rings. The average molecular weight is 230 g/mol. The molecule has 0 aromatic heterocycles. The molecule has 3 rings (SSSR count). The van der Waals surface area contributed by atoms with Crippen molar-refractivity contribution in [2.75, 3.05) is 12.8 Å². The molecule has 2 aliphatic carbocycles. The topological polar surface area (TPSA) is 29.3 Å². The van der Waals surface area contributed by atoms with E-state index >= 15 is 0 Å². The summed E-state index contributed by atoms with van der Waals surface area (Å²) in [6.07, 6.45) is 5.79. The minimum Gasteiger partial charge on any atom is -0.399 e. The van der Waals surface area contributed by atoms with Gasteiger partial charge in [-0.2, -0.15) is 0 Å². The summed E-state index contributed by atoms with van der Waals surface area (Å²) in [5.41, 5.74) is 8.06. The minimum atomic E-state index is 0.830. The molecule has 0 spiro atoms. The molecule has 0 atom stereocenters. The van der Waals surface area contributed by atoms with Crippen LogP contribution in [0.3, 0.4) is 0 Å². The van der Waals surface area contributed by atoms with Crippen LogP contribution in [0.25, 0.3) is 0 Å². The lowest BCUT2D eigenvalue weighted by atomic mass is 10.0. The molecule has 1 aromatic rings. The van der Waals surface area contributed by atoms with Crippen molar-refractivity contribution in [3.05, 3.63) is 29.8 Å². The lowest BCUT2D eigenvalue weighted by Gasteiger charge is -2.28. The van der Waals surface area contributed by atoms with Crippen molar-refractivity contribution >= 4 is 5.69 Å². The second-order valence-corrected chi connectivity index (χ2v) is 5.83. The monoisotopic (exact) mass is 230 g/mol. The number of nitrogens with zero attached hydrogens (tertiary/aromatic N) is 1. The van der Waals surface area contributed by atoms with Crippen molar-refractivity contribution in [1.82, 2.24) is 4.90 Å². The van der Waals surface area contributed by atoms with Gasteiger partial charge in [0.1, 0.15) is 0 Å². The molecule has 0 aliphatic heterocycles. The van der Waals surface area contributed by atoms with Crippen molar-refractivity contribution in [3.8, 4) is 0 Å². The van der Waals surface area contributed by atoms with E-state index in [1.807, 2.05) is 6.07 Å². The van der Waals surface area contributed by atoms with Crippen LogP contribution in [-0.4, -0.2) is 18.0 Å². The first-order chi connectivity index (χ1) is 8.24. The van der Waals surface area contributed by atoms with E-state index in [9.17, 15) is 0 Å². The average Bonchev–Trinajstić information content (AvgIpc) is 3.11. The predicted molar refractivity (Wildman–Crippen MR) is 71.6 cm³/mol. The lowest BCUT2D eigenvalue weighted by Crippen LogP contribution is -2.34. The van der Waals surface area contributed by atoms with Crippen LogP contribution in [0.15, 0.2) is 24.3 Å². The van der Waals surface area contributed by atoms with E-state index in [0.29, 0.717) is 0 Å². The molecule has 2 nitrogen and oxygen atoms in total. The normalized spacial score (nSPS) is 20.2. The first kappa shape index (κ1) is 11.1. The highest BCUT2D eigenvalue weighted by atomic mass is 15.1. The van der Waals surface area contributed by atoms with E-state index in [4.69, 9.17) is 5.73 Å². The molecule has 2 aliphatic rings. The molecule has 2 saturated carbocycles. The Morgan fingerprint density at radius 2 is 1.88 bits per heavy atom.